The summed E-state index contributed by atoms with van der Waals surface area (Å²) in [6.45, 7) is 4.28. The number of hydrogen-bond acceptors (Lipinski definition) is 6. The zero-order valence-corrected chi connectivity index (χ0v) is 18.2. The van der Waals surface area contributed by atoms with Crippen LogP contribution in [-0.2, 0) is 10.0 Å². The highest BCUT2D eigenvalue weighted by atomic mass is 32.2. The van der Waals surface area contributed by atoms with Crippen molar-refractivity contribution in [3.63, 3.8) is 0 Å². The maximum Gasteiger partial charge on any atom is 0.286 e. The zero-order valence-electron chi connectivity index (χ0n) is 17.4. The Labute approximate surface area is 179 Å². The number of rotatable bonds is 6. The van der Waals surface area contributed by atoms with E-state index in [2.05, 4.69) is 15.3 Å². The van der Waals surface area contributed by atoms with Gasteiger partial charge >= 0.3 is 0 Å². The predicted octanol–water partition coefficient (Wildman–Crippen LogP) is 2.53. The second-order valence-corrected chi connectivity index (χ2v) is 10.5. The fraction of sp³-hybridized carbons (Fsp3) is 0.550. The molecule has 0 atom stereocenters. The molecule has 168 valence electrons. The van der Waals surface area contributed by atoms with Crippen molar-refractivity contribution >= 4 is 16.0 Å². The Morgan fingerprint density at radius 3 is 2.42 bits per heavy atom. The first-order chi connectivity index (χ1) is 14.7. The van der Waals surface area contributed by atoms with Gasteiger partial charge in [-0.25, -0.2) is 31.5 Å². The Balaban J connectivity index is 1.51. The van der Waals surface area contributed by atoms with E-state index in [1.165, 1.54) is 15.1 Å². The van der Waals surface area contributed by atoms with Gasteiger partial charge in [-0.15, -0.1) is 0 Å². The Bertz CT molecular complexity index is 1140. The number of halogens is 2. The largest absolute Gasteiger partial charge is 0.351 e. The zero-order chi connectivity index (χ0) is 22.3. The lowest BCUT2D eigenvalue weighted by Crippen LogP contribution is -2.43. The first-order valence-corrected chi connectivity index (χ1v) is 11.9. The molecular formula is C20H25F2N5O3S. The van der Waals surface area contributed by atoms with Crippen LogP contribution < -0.4 is 10.9 Å². The van der Waals surface area contributed by atoms with Crippen molar-refractivity contribution in [3.8, 4) is 11.3 Å². The smallest absolute Gasteiger partial charge is 0.286 e. The molecule has 31 heavy (non-hydrogen) atoms. The summed E-state index contributed by atoms with van der Waals surface area (Å²) in [4.78, 5) is 20.1. The van der Waals surface area contributed by atoms with Crippen molar-refractivity contribution in [1.29, 1.82) is 0 Å². The number of pyridine rings is 1. The van der Waals surface area contributed by atoms with Crippen LogP contribution in [-0.4, -0.2) is 51.6 Å². The third-order valence-corrected chi connectivity index (χ3v) is 8.06. The van der Waals surface area contributed by atoms with E-state index in [0.717, 1.165) is 25.1 Å². The lowest BCUT2D eigenvalue weighted by atomic mass is 10.1. The molecule has 0 spiro atoms. The first-order valence-electron chi connectivity index (χ1n) is 10.4. The van der Waals surface area contributed by atoms with Gasteiger partial charge in [-0.2, -0.15) is 0 Å². The van der Waals surface area contributed by atoms with Gasteiger partial charge in [0.25, 0.3) is 5.56 Å². The van der Waals surface area contributed by atoms with Crippen LogP contribution in [0.1, 0.15) is 45.6 Å². The van der Waals surface area contributed by atoms with Crippen LogP contribution in [0.15, 0.2) is 23.3 Å². The van der Waals surface area contributed by atoms with Gasteiger partial charge < -0.3 is 9.88 Å². The molecule has 2 aliphatic rings. The van der Waals surface area contributed by atoms with Crippen LogP contribution in [0.3, 0.4) is 0 Å². The van der Waals surface area contributed by atoms with Crippen molar-refractivity contribution in [2.24, 2.45) is 0 Å². The fourth-order valence-electron chi connectivity index (χ4n) is 3.73. The van der Waals surface area contributed by atoms with Gasteiger partial charge in [0.05, 0.1) is 11.4 Å². The van der Waals surface area contributed by atoms with Crippen molar-refractivity contribution in [2.75, 3.05) is 18.4 Å². The standard InChI is InChI=1S/C20H25F2N5O3S/c1-12(2)27-11-13(9-16(21)19(27)28)18-17(22)10-23-20(25-18)24-14-5-7-26(8-6-14)31(29,30)15-3-4-15/h9-12,14-15H,3-8H2,1-2H3,(H,23,24,25). The lowest BCUT2D eigenvalue weighted by Gasteiger charge is -2.31. The number of sulfonamides is 1. The van der Waals surface area contributed by atoms with Crippen LogP contribution in [0, 0.1) is 11.6 Å². The summed E-state index contributed by atoms with van der Waals surface area (Å²) in [5.74, 6) is -1.55. The van der Waals surface area contributed by atoms with Gasteiger partial charge in [-0.3, -0.25) is 4.79 Å². The van der Waals surface area contributed by atoms with Crippen molar-refractivity contribution in [2.45, 2.75) is 56.9 Å². The maximum absolute atomic E-state index is 14.4. The minimum atomic E-state index is -3.19. The predicted molar refractivity (Wildman–Crippen MR) is 112 cm³/mol. The number of aromatic nitrogens is 3. The highest BCUT2D eigenvalue weighted by Gasteiger charge is 2.41. The highest BCUT2D eigenvalue weighted by Crippen LogP contribution is 2.32. The van der Waals surface area contributed by atoms with Gasteiger partial charge in [-0.05, 0) is 45.6 Å². The van der Waals surface area contributed by atoms with Gasteiger partial charge in [0.2, 0.25) is 16.0 Å². The highest BCUT2D eigenvalue weighted by molar-refractivity contribution is 7.90. The Hall–Kier alpha value is -2.40. The molecule has 3 heterocycles. The molecule has 0 amide bonds. The third-order valence-electron chi connectivity index (χ3n) is 5.67. The molecule has 0 bridgehead atoms. The summed E-state index contributed by atoms with van der Waals surface area (Å²) in [6, 6.07) is 0.601. The van der Waals surface area contributed by atoms with E-state index in [4.69, 9.17) is 0 Å². The van der Waals surface area contributed by atoms with E-state index in [1.807, 2.05) is 0 Å². The number of hydrogen-bond donors (Lipinski definition) is 1. The quantitative estimate of drug-likeness (QED) is 0.722. The third kappa shape index (κ3) is 4.47. The minimum absolute atomic E-state index is 0.0645. The van der Waals surface area contributed by atoms with E-state index in [1.54, 1.807) is 13.8 Å². The molecule has 8 nitrogen and oxygen atoms in total. The van der Waals surface area contributed by atoms with E-state index < -0.39 is 27.2 Å². The molecule has 1 saturated heterocycles. The Morgan fingerprint density at radius 2 is 1.81 bits per heavy atom. The molecular weight excluding hydrogens is 428 g/mol. The van der Waals surface area contributed by atoms with Crippen LogP contribution in [0.4, 0.5) is 14.7 Å². The molecule has 11 heteroatoms. The molecule has 1 N–H and O–H groups in total. The van der Waals surface area contributed by atoms with E-state index in [0.29, 0.717) is 25.9 Å². The van der Waals surface area contributed by atoms with E-state index in [9.17, 15) is 22.0 Å². The Kier molecular flexibility index (Phi) is 5.82. The minimum Gasteiger partial charge on any atom is -0.351 e. The van der Waals surface area contributed by atoms with Gasteiger partial charge in [-0.1, -0.05) is 0 Å². The summed E-state index contributed by atoms with van der Waals surface area (Å²) in [7, 11) is -3.19. The molecule has 0 radical (unpaired) electrons. The SMILES string of the molecule is CC(C)n1cc(-c2nc(NC3CCN(S(=O)(=O)C4CC4)CC3)ncc2F)cc(F)c1=O. The fourth-order valence-corrected chi connectivity index (χ4v) is 5.61. The summed E-state index contributed by atoms with van der Waals surface area (Å²) in [5, 5.41) is 2.90. The van der Waals surface area contributed by atoms with Gasteiger partial charge in [0.1, 0.15) is 5.69 Å². The average molecular weight is 454 g/mol. The molecule has 1 aliphatic carbocycles. The number of nitrogens with zero attached hydrogens (tertiary/aromatic N) is 4. The number of piperidine rings is 1. The van der Waals surface area contributed by atoms with Crippen molar-refractivity contribution < 1.29 is 17.2 Å². The molecule has 2 aromatic rings. The maximum atomic E-state index is 14.4. The van der Waals surface area contributed by atoms with Crippen LogP contribution in [0.2, 0.25) is 0 Å². The number of anilines is 1. The molecule has 4 rings (SSSR count). The summed E-state index contributed by atoms with van der Waals surface area (Å²) >= 11 is 0. The monoisotopic (exact) mass is 453 g/mol. The topological polar surface area (TPSA) is 97.2 Å². The average Bonchev–Trinajstić information content (AvgIpc) is 3.57. The first kappa shape index (κ1) is 21.8. The van der Waals surface area contributed by atoms with Crippen molar-refractivity contribution in [3.05, 3.63) is 40.4 Å². The number of nitrogens with one attached hydrogen (secondary N) is 1. The summed E-state index contributed by atoms with van der Waals surface area (Å²) in [6.07, 6.45) is 5.01. The molecule has 2 aromatic heterocycles. The van der Waals surface area contributed by atoms with Crippen LogP contribution >= 0.6 is 0 Å². The van der Waals surface area contributed by atoms with Crippen LogP contribution in [0.25, 0.3) is 11.3 Å². The molecule has 2 fully saturated rings. The van der Waals surface area contributed by atoms with Gasteiger partial charge in [0.15, 0.2) is 11.6 Å². The normalized spacial score (nSPS) is 18.5. The van der Waals surface area contributed by atoms with E-state index >= 15 is 0 Å². The Morgan fingerprint density at radius 1 is 1.13 bits per heavy atom. The second kappa shape index (κ2) is 8.27. The summed E-state index contributed by atoms with van der Waals surface area (Å²) in [5.41, 5.74) is -0.752. The van der Waals surface area contributed by atoms with E-state index in [-0.39, 0.29) is 34.5 Å². The molecule has 0 aromatic carbocycles. The molecule has 1 saturated carbocycles. The summed E-state index contributed by atoms with van der Waals surface area (Å²) < 4.78 is 56.0. The van der Waals surface area contributed by atoms with Crippen LogP contribution in [0.5, 0.6) is 0 Å². The molecule has 1 aliphatic heterocycles. The van der Waals surface area contributed by atoms with Gasteiger partial charge in [0, 0.05) is 36.9 Å². The second-order valence-electron chi connectivity index (χ2n) is 8.34. The molecule has 0 unspecified atom stereocenters. The lowest BCUT2D eigenvalue weighted by molar-refractivity contribution is 0.328. The van der Waals surface area contributed by atoms with Crippen molar-refractivity contribution in [1.82, 2.24) is 18.8 Å².